The van der Waals surface area contributed by atoms with Crippen LogP contribution < -0.4 is 5.32 Å². The number of piperidine rings is 2. The number of nitrogens with zero attached hydrogens (tertiary/aromatic N) is 1. The molecule has 0 aromatic heterocycles. The monoisotopic (exact) mass is 170 g/mol. The lowest BCUT2D eigenvalue weighted by molar-refractivity contribution is 0.0876. The van der Waals surface area contributed by atoms with Crippen LogP contribution >= 0.6 is 0 Å². The van der Waals surface area contributed by atoms with E-state index >= 15 is 0 Å². The predicted molar refractivity (Wildman–Crippen MR) is 53.4 cm³/mol. The van der Waals surface area contributed by atoms with Crippen molar-refractivity contribution in [2.45, 2.75) is 25.7 Å². The van der Waals surface area contributed by atoms with Gasteiger partial charge in [-0.15, -0.1) is 0 Å². The van der Waals surface area contributed by atoms with Crippen LogP contribution in [0.3, 0.4) is 0 Å². The van der Waals surface area contributed by atoms with E-state index in [1.165, 1.54) is 51.9 Å². The Kier molecular flexibility index (Phi) is 2.37. The Morgan fingerprint density at radius 3 is 2.25 bits per heavy atom. The Balaban J connectivity index is 0.000000845. The average Bonchev–Trinajstić information content (AvgIpc) is 2.13. The smallest absolute Gasteiger partial charge is 0 e. The zero-order valence-electron chi connectivity index (χ0n) is 8.10. The Morgan fingerprint density at radius 2 is 1.67 bits per heavy atom. The van der Waals surface area contributed by atoms with Gasteiger partial charge in [0.15, 0.2) is 0 Å². The molecular weight excluding hydrogens is 148 g/mol. The number of rotatable bonds is 0. The summed E-state index contributed by atoms with van der Waals surface area (Å²) >= 11 is 0. The van der Waals surface area contributed by atoms with Crippen LogP contribution in [0.25, 0.3) is 0 Å². The summed E-state index contributed by atoms with van der Waals surface area (Å²) in [5.41, 5.74) is 0.734. The van der Waals surface area contributed by atoms with Crippen LogP contribution in [0.15, 0.2) is 0 Å². The maximum Gasteiger partial charge on any atom is 0 e. The van der Waals surface area contributed by atoms with E-state index in [1.54, 1.807) is 0 Å². The van der Waals surface area contributed by atoms with E-state index in [0.29, 0.717) is 0 Å². The highest BCUT2D eigenvalue weighted by Gasteiger charge is 2.34. The third-order valence-electron chi connectivity index (χ3n) is 3.71. The minimum absolute atomic E-state index is 0. The van der Waals surface area contributed by atoms with Gasteiger partial charge in [-0.3, -0.25) is 0 Å². The Bertz CT molecular complexity index is 145. The minimum atomic E-state index is 0. The Hall–Kier alpha value is -0.0800. The molecule has 72 valence electrons. The van der Waals surface area contributed by atoms with Crippen LogP contribution in [0.1, 0.15) is 27.1 Å². The van der Waals surface area contributed by atoms with Crippen molar-refractivity contribution in [3.8, 4) is 0 Å². The van der Waals surface area contributed by atoms with Crippen LogP contribution in [0.2, 0.25) is 0 Å². The van der Waals surface area contributed by atoms with E-state index in [-0.39, 0.29) is 1.43 Å². The summed E-state index contributed by atoms with van der Waals surface area (Å²) in [4.78, 5) is 2.47. The van der Waals surface area contributed by atoms with Crippen molar-refractivity contribution in [2.75, 3.05) is 33.2 Å². The molecule has 2 heterocycles. The van der Waals surface area contributed by atoms with Gasteiger partial charge in [-0.05, 0) is 64.3 Å². The molecule has 0 aliphatic carbocycles. The molecule has 0 bridgehead atoms. The topological polar surface area (TPSA) is 15.3 Å². The highest BCUT2D eigenvalue weighted by molar-refractivity contribution is 4.88. The molecule has 2 heteroatoms. The average molecular weight is 170 g/mol. The molecule has 2 rings (SSSR count). The second kappa shape index (κ2) is 3.35. The first-order chi connectivity index (χ1) is 5.81. The van der Waals surface area contributed by atoms with Gasteiger partial charge in [-0.25, -0.2) is 0 Å². The standard InChI is InChI=1S/C10H20N2.H2/c1-12-8-4-10(5-9-12)2-6-11-7-3-10;/h11H,2-9H2,1H3;1H. The Morgan fingerprint density at radius 1 is 1.08 bits per heavy atom. The van der Waals surface area contributed by atoms with Crippen molar-refractivity contribution in [1.82, 2.24) is 10.2 Å². The lowest BCUT2D eigenvalue weighted by Gasteiger charge is -2.43. The van der Waals surface area contributed by atoms with Crippen molar-refractivity contribution in [3.63, 3.8) is 0 Å². The molecule has 0 unspecified atom stereocenters. The maximum absolute atomic E-state index is 3.45. The van der Waals surface area contributed by atoms with Gasteiger partial charge in [0.1, 0.15) is 0 Å². The molecule has 2 aliphatic heterocycles. The normalized spacial score (nSPS) is 30.8. The molecule has 12 heavy (non-hydrogen) atoms. The summed E-state index contributed by atoms with van der Waals surface area (Å²) in [6.07, 6.45) is 5.71. The number of likely N-dealkylation sites (tertiary alicyclic amines) is 1. The number of nitrogens with one attached hydrogen (secondary N) is 1. The summed E-state index contributed by atoms with van der Waals surface area (Å²) < 4.78 is 0. The molecule has 0 aromatic carbocycles. The quantitative estimate of drug-likeness (QED) is 0.590. The zero-order valence-corrected chi connectivity index (χ0v) is 8.10. The summed E-state index contributed by atoms with van der Waals surface area (Å²) in [6, 6.07) is 0. The molecule has 0 aromatic rings. The van der Waals surface area contributed by atoms with Gasteiger partial charge in [0.25, 0.3) is 0 Å². The highest BCUT2D eigenvalue weighted by atomic mass is 15.1. The van der Waals surface area contributed by atoms with Crippen LogP contribution in [0, 0.1) is 5.41 Å². The van der Waals surface area contributed by atoms with Gasteiger partial charge >= 0.3 is 0 Å². The molecule has 0 radical (unpaired) electrons. The lowest BCUT2D eigenvalue weighted by atomic mass is 9.72. The SMILES string of the molecule is CN1CCC2(CCNCC2)CC1.[HH]. The lowest BCUT2D eigenvalue weighted by Crippen LogP contribution is -2.44. The van der Waals surface area contributed by atoms with Gasteiger partial charge in [0.2, 0.25) is 0 Å². The molecule has 0 saturated carbocycles. The molecule has 0 amide bonds. The summed E-state index contributed by atoms with van der Waals surface area (Å²) in [5, 5.41) is 3.45. The number of hydrogen-bond acceptors (Lipinski definition) is 2. The molecule has 0 atom stereocenters. The first kappa shape index (κ1) is 8.52. The van der Waals surface area contributed by atoms with Crippen molar-refractivity contribution >= 4 is 0 Å². The molecule has 1 spiro atoms. The van der Waals surface area contributed by atoms with Crippen molar-refractivity contribution in [1.29, 1.82) is 0 Å². The van der Waals surface area contributed by atoms with E-state index in [9.17, 15) is 0 Å². The van der Waals surface area contributed by atoms with Crippen molar-refractivity contribution in [3.05, 3.63) is 0 Å². The first-order valence-corrected chi connectivity index (χ1v) is 5.20. The predicted octanol–water partition coefficient (Wildman–Crippen LogP) is 1.33. The van der Waals surface area contributed by atoms with Gasteiger partial charge < -0.3 is 10.2 Å². The summed E-state index contributed by atoms with van der Waals surface area (Å²) in [7, 11) is 2.24. The first-order valence-electron chi connectivity index (χ1n) is 5.20. The van der Waals surface area contributed by atoms with Crippen LogP contribution in [-0.2, 0) is 0 Å². The zero-order chi connectivity index (χ0) is 8.44. The highest BCUT2D eigenvalue weighted by Crippen LogP contribution is 2.38. The van der Waals surface area contributed by atoms with Gasteiger partial charge in [-0.1, -0.05) is 0 Å². The van der Waals surface area contributed by atoms with E-state index < -0.39 is 0 Å². The van der Waals surface area contributed by atoms with Gasteiger partial charge in [0, 0.05) is 1.43 Å². The second-order valence-corrected chi connectivity index (χ2v) is 4.55. The van der Waals surface area contributed by atoms with Crippen molar-refractivity contribution < 1.29 is 1.43 Å². The van der Waals surface area contributed by atoms with E-state index in [2.05, 4.69) is 17.3 Å². The van der Waals surface area contributed by atoms with Crippen LogP contribution in [0.5, 0.6) is 0 Å². The van der Waals surface area contributed by atoms with Crippen molar-refractivity contribution in [2.24, 2.45) is 5.41 Å². The maximum atomic E-state index is 3.45. The molecular formula is C10H22N2. The molecule has 2 nitrogen and oxygen atoms in total. The van der Waals surface area contributed by atoms with Gasteiger partial charge in [-0.2, -0.15) is 0 Å². The van der Waals surface area contributed by atoms with Gasteiger partial charge in [0.05, 0.1) is 0 Å². The molecule has 2 saturated heterocycles. The fraction of sp³-hybridized carbons (Fsp3) is 1.00. The molecule has 2 aliphatic rings. The molecule has 2 fully saturated rings. The number of hydrogen-bond donors (Lipinski definition) is 1. The fourth-order valence-corrected chi connectivity index (χ4v) is 2.55. The third-order valence-corrected chi connectivity index (χ3v) is 3.71. The largest absolute Gasteiger partial charge is 0.317 e. The van der Waals surface area contributed by atoms with E-state index in [1.807, 2.05) is 0 Å². The van der Waals surface area contributed by atoms with Crippen LogP contribution in [-0.4, -0.2) is 38.1 Å². The minimum Gasteiger partial charge on any atom is -0.317 e. The van der Waals surface area contributed by atoms with E-state index in [4.69, 9.17) is 0 Å². The Labute approximate surface area is 76.8 Å². The fourth-order valence-electron chi connectivity index (χ4n) is 2.55. The van der Waals surface area contributed by atoms with E-state index in [0.717, 1.165) is 5.41 Å². The van der Waals surface area contributed by atoms with Crippen LogP contribution in [0.4, 0.5) is 0 Å². The third kappa shape index (κ3) is 1.64. The summed E-state index contributed by atoms with van der Waals surface area (Å²) in [5.74, 6) is 0. The second-order valence-electron chi connectivity index (χ2n) is 4.55. The summed E-state index contributed by atoms with van der Waals surface area (Å²) in [6.45, 7) is 5.15. The molecule has 1 N–H and O–H groups in total.